The Morgan fingerprint density at radius 1 is 1.42 bits per heavy atom. The molecule has 0 aromatic rings. The van der Waals surface area contributed by atoms with Crippen LogP contribution in [0.2, 0.25) is 0 Å². The third-order valence-corrected chi connectivity index (χ3v) is 1.31. The van der Waals surface area contributed by atoms with E-state index in [4.69, 9.17) is 10.2 Å². The molecule has 0 aromatic heterocycles. The summed E-state index contributed by atoms with van der Waals surface area (Å²) in [5, 5.41) is 19.4. The molecule has 0 saturated heterocycles. The molecule has 70 valence electrons. The first-order chi connectivity index (χ1) is 5.45. The molecule has 0 aromatic carbocycles. The second kappa shape index (κ2) is 4.71. The maximum Gasteiger partial charge on any atom is 0.322 e. The number of carboxylic acid groups (broad SMARTS) is 1. The van der Waals surface area contributed by atoms with E-state index in [0.717, 1.165) is 0 Å². The first-order valence-electron chi connectivity index (χ1n) is 3.62. The third kappa shape index (κ3) is 3.92. The predicted octanol–water partition coefficient (Wildman–Crippen LogP) is -0.796. The lowest BCUT2D eigenvalue weighted by molar-refractivity contribution is -0.140. The molecule has 0 bridgehead atoms. The zero-order valence-electron chi connectivity index (χ0n) is 7.07. The summed E-state index contributed by atoms with van der Waals surface area (Å²) in [6.07, 6.45) is -1.13. The molecule has 1 atom stereocenters. The second-order valence-corrected chi connectivity index (χ2v) is 2.80. The smallest absolute Gasteiger partial charge is 0.322 e. The van der Waals surface area contributed by atoms with Gasteiger partial charge in [-0.05, 0) is 5.92 Å². The molecule has 0 unspecified atom stereocenters. The lowest BCUT2D eigenvalue weighted by Gasteiger charge is -2.12. The van der Waals surface area contributed by atoms with Crippen LogP contribution >= 0.6 is 0 Å². The van der Waals surface area contributed by atoms with Crippen LogP contribution in [0.1, 0.15) is 13.8 Å². The molecule has 5 heteroatoms. The molecule has 0 saturated carbocycles. The minimum atomic E-state index is -1.13. The highest BCUT2D eigenvalue weighted by Crippen LogP contribution is 1.99. The Balaban J connectivity index is 3.80. The molecular formula is C7H13NO4. The van der Waals surface area contributed by atoms with Crippen molar-refractivity contribution in [1.29, 1.82) is 0 Å². The van der Waals surface area contributed by atoms with Gasteiger partial charge >= 0.3 is 5.97 Å². The normalized spacial score (nSPS) is 12.7. The summed E-state index contributed by atoms with van der Waals surface area (Å²) < 4.78 is 0. The molecule has 0 rings (SSSR count). The summed E-state index contributed by atoms with van der Waals surface area (Å²) in [5.74, 6) is -1.98. The van der Waals surface area contributed by atoms with Gasteiger partial charge in [0.05, 0.1) is 0 Å². The number of aliphatic hydroxyl groups is 1. The van der Waals surface area contributed by atoms with Crippen molar-refractivity contribution >= 4 is 11.9 Å². The van der Waals surface area contributed by atoms with E-state index >= 15 is 0 Å². The van der Waals surface area contributed by atoms with Crippen molar-refractivity contribution in [2.24, 2.45) is 5.92 Å². The van der Waals surface area contributed by atoms with E-state index in [1.165, 1.54) is 0 Å². The predicted molar refractivity (Wildman–Crippen MR) is 41.5 cm³/mol. The zero-order valence-corrected chi connectivity index (χ0v) is 7.07. The molecule has 0 radical (unpaired) electrons. The summed E-state index contributed by atoms with van der Waals surface area (Å²) >= 11 is 0. The van der Waals surface area contributed by atoms with Crippen LogP contribution in [0, 0.1) is 5.92 Å². The van der Waals surface area contributed by atoms with E-state index in [9.17, 15) is 9.59 Å². The van der Waals surface area contributed by atoms with E-state index in [0.29, 0.717) is 0 Å². The number of carboxylic acids is 1. The fraction of sp³-hybridized carbons (Fsp3) is 0.714. The van der Waals surface area contributed by atoms with E-state index in [-0.39, 0.29) is 5.92 Å². The van der Waals surface area contributed by atoms with Crippen molar-refractivity contribution in [3.63, 3.8) is 0 Å². The van der Waals surface area contributed by atoms with Crippen molar-refractivity contribution in [3.05, 3.63) is 0 Å². The van der Waals surface area contributed by atoms with Crippen LogP contribution in [0.5, 0.6) is 0 Å². The van der Waals surface area contributed by atoms with Gasteiger partial charge in [0.25, 0.3) is 0 Å². The van der Waals surface area contributed by atoms with Gasteiger partial charge in [-0.25, -0.2) is 0 Å². The van der Waals surface area contributed by atoms with Gasteiger partial charge in [0.1, 0.15) is 12.6 Å². The van der Waals surface area contributed by atoms with Crippen molar-refractivity contribution in [3.8, 4) is 0 Å². The van der Waals surface area contributed by atoms with E-state index in [1.807, 2.05) is 0 Å². The lowest BCUT2D eigenvalue weighted by Crippen LogP contribution is -2.40. The number of hydrogen-bond acceptors (Lipinski definition) is 3. The van der Waals surface area contributed by atoms with Crippen LogP contribution < -0.4 is 5.32 Å². The highest BCUT2D eigenvalue weighted by Gasteiger charge is 2.18. The monoisotopic (exact) mass is 175 g/mol. The number of amides is 1. The molecule has 0 fully saturated rings. The molecule has 12 heavy (non-hydrogen) atoms. The number of carbonyl (C=O) groups excluding carboxylic acids is 1. The molecule has 0 spiro atoms. The van der Waals surface area contributed by atoms with Crippen molar-refractivity contribution in [2.75, 3.05) is 6.54 Å². The molecule has 3 N–H and O–H groups in total. The van der Waals surface area contributed by atoms with E-state index < -0.39 is 24.5 Å². The minimum absolute atomic E-state index is 0.209. The first kappa shape index (κ1) is 10.9. The van der Waals surface area contributed by atoms with E-state index in [2.05, 4.69) is 5.32 Å². The van der Waals surface area contributed by atoms with Gasteiger partial charge < -0.3 is 15.5 Å². The zero-order chi connectivity index (χ0) is 9.72. The summed E-state index contributed by atoms with van der Waals surface area (Å²) in [6.45, 7) is 2.89. The molecule has 5 nitrogen and oxygen atoms in total. The highest BCUT2D eigenvalue weighted by molar-refractivity contribution is 5.84. The van der Waals surface area contributed by atoms with E-state index in [1.54, 1.807) is 13.8 Å². The average Bonchev–Trinajstić information content (AvgIpc) is 1.98. The number of carbonyl (C=O) groups is 2. The van der Waals surface area contributed by atoms with Crippen LogP contribution in [0.4, 0.5) is 0 Å². The molecule has 1 amide bonds. The van der Waals surface area contributed by atoms with Gasteiger partial charge in [0.2, 0.25) is 5.91 Å². The minimum Gasteiger partial charge on any atom is -0.480 e. The quantitative estimate of drug-likeness (QED) is 0.522. The van der Waals surface area contributed by atoms with Crippen LogP contribution in [0.3, 0.4) is 0 Å². The van der Waals surface area contributed by atoms with Gasteiger partial charge in [0, 0.05) is 0 Å². The van der Waals surface area contributed by atoms with Gasteiger partial charge in [-0.1, -0.05) is 13.8 Å². The average molecular weight is 175 g/mol. The summed E-state index contributed by atoms with van der Waals surface area (Å²) in [7, 11) is 0. The highest BCUT2D eigenvalue weighted by atomic mass is 16.4. The lowest BCUT2D eigenvalue weighted by atomic mass is 10.1. The van der Waals surface area contributed by atoms with Gasteiger partial charge in [-0.2, -0.15) is 0 Å². The Kier molecular flexibility index (Phi) is 4.28. The molecular weight excluding hydrogens is 162 g/mol. The maximum absolute atomic E-state index is 10.9. The first-order valence-corrected chi connectivity index (χ1v) is 3.62. The Labute approximate surface area is 70.4 Å². The van der Waals surface area contributed by atoms with Crippen molar-refractivity contribution < 1.29 is 19.8 Å². The number of aliphatic carboxylic acids is 1. The Morgan fingerprint density at radius 3 is 2.25 bits per heavy atom. The van der Waals surface area contributed by atoms with Crippen molar-refractivity contribution in [1.82, 2.24) is 5.32 Å². The Morgan fingerprint density at radius 2 is 1.92 bits per heavy atom. The fourth-order valence-corrected chi connectivity index (χ4v) is 0.570. The number of nitrogens with one attached hydrogen (secondary N) is 1. The maximum atomic E-state index is 10.9. The van der Waals surface area contributed by atoms with Gasteiger partial charge in [0.15, 0.2) is 0 Å². The number of aliphatic hydroxyl groups excluding tert-OH is 1. The summed E-state index contributed by atoms with van der Waals surface area (Å²) in [4.78, 5) is 20.9. The summed E-state index contributed by atoms with van der Waals surface area (Å²) in [5.41, 5.74) is 0. The van der Waals surface area contributed by atoms with Crippen LogP contribution in [-0.4, -0.2) is 34.7 Å². The largest absolute Gasteiger partial charge is 0.480 e. The fourth-order valence-electron chi connectivity index (χ4n) is 0.570. The van der Waals surface area contributed by atoms with Crippen LogP contribution in [0.25, 0.3) is 0 Å². The molecule has 0 heterocycles. The molecule has 0 aliphatic rings. The second-order valence-electron chi connectivity index (χ2n) is 2.80. The summed E-state index contributed by atoms with van der Waals surface area (Å²) in [6, 6.07) is 0. The standard InChI is InChI=1S/C7H13NO4/c1-4(2)6(11)7(12)8-3-5(9)10/h4,6,11H,3H2,1-2H3,(H,8,12)(H,9,10)/t6-/m0/s1. The Bertz CT molecular complexity index is 178. The third-order valence-electron chi connectivity index (χ3n) is 1.31. The molecule has 0 aliphatic heterocycles. The number of rotatable bonds is 4. The van der Waals surface area contributed by atoms with Gasteiger partial charge in [-0.3, -0.25) is 9.59 Å². The number of hydrogen-bond donors (Lipinski definition) is 3. The molecule has 0 aliphatic carbocycles. The van der Waals surface area contributed by atoms with Crippen LogP contribution in [-0.2, 0) is 9.59 Å². The van der Waals surface area contributed by atoms with Crippen molar-refractivity contribution in [2.45, 2.75) is 20.0 Å². The topological polar surface area (TPSA) is 86.6 Å². The Hall–Kier alpha value is -1.10. The van der Waals surface area contributed by atoms with Crippen LogP contribution in [0.15, 0.2) is 0 Å². The van der Waals surface area contributed by atoms with Gasteiger partial charge in [-0.15, -0.1) is 0 Å². The SMILES string of the molecule is CC(C)[C@H](O)C(=O)NCC(=O)O.